The van der Waals surface area contributed by atoms with Crippen molar-refractivity contribution in [1.82, 2.24) is 9.13 Å². The molecule has 1 aromatic heterocycles. The molecule has 3 aliphatic rings. The highest BCUT2D eigenvalue weighted by Crippen LogP contribution is 2.51. The fourth-order valence-corrected chi connectivity index (χ4v) is 4.75. The number of hydrogen-bond donors (Lipinski definition) is 1. The Morgan fingerprint density at radius 3 is 2.52 bits per heavy atom. The maximum Gasteiger partial charge on any atom is 0.332 e. The molecule has 0 saturated carbocycles. The zero-order valence-electron chi connectivity index (χ0n) is 16.8. The van der Waals surface area contributed by atoms with Crippen molar-refractivity contribution in [1.29, 1.82) is 0 Å². The molecule has 0 fully saturated rings. The minimum absolute atomic E-state index is 0.0650. The summed E-state index contributed by atoms with van der Waals surface area (Å²) in [6.45, 7) is 0.0650. The smallest absolute Gasteiger partial charge is 0.332 e. The van der Waals surface area contributed by atoms with E-state index >= 15 is 0 Å². The van der Waals surface area contributed by atoms with Crippen LogP contribution in [0.25, 0.3) is 5.70 Å². The fourth-order valence-electron chi connectivity index (χ4n) is 4.75. The molecule has 1 unspecified atom stereocenters. The molecule has 6 rings (SSSR count). The van der Waals surface area contributed by atoms with Gasteiger partial charge in [0.25, 0.3) is 5.56 Å². The van der Waals surface area contributed by atoms with Crippen LogP contribution in [-0.4, -0.2) is 21.7 Å². The number of ketones is 1. The molecular formula is C23H17N3O5. The summed E-state index contributed by atoms with van der Waals surface area (Å²) >= 11 is 0. The number of fused-ring (bicyclic) bond motifs is 4. The second-order valence-electron chi connectivity index (χ2n) is 7.77. The summed E-state index contributed by atoms with van der Waals surface area (Å²) in [5, 5.41) is 3.23. The molecular weight excluding hydrogens is 398 g/mol. The number of para-hydroxylation sites is 1. The van der Waals surface area contributed by atoms with Crippen LogP contribution in [0.4, 0.5) is 5.82 Å². The highest BCUT2D eigenvalue weighted by molar-refractivity contribution is 6.23. The van der Waals surface area contributed by atoms with Gasteiger partial charge in [-0.3, -0.25) is 18.7 Å². The van der Waals surface area contributed by atoms with Crippen LogP contribution in [0.1, 0.15) is 33.0 Å². The summed E-state index contributed by atoms with van der Waals surface area (Å²) in [6.07, 6.45) is 0. The van der Waals surface area contributed by atoms with E-state index in [1.807, 2.05) is 30.3 Å². The Hall–Kier alpha value is -4.07. The molecule has 0 amide bonds. The lowest BCUT2D eigenvalue weighted by Gasteiger charge is -2.30. The van der Waals surface area contributed by atoms with E-state index in [0.717, 1.165) is 10.1 Å². The largest absolute Gasteiger partial charge is 0.454 e. The zero-order chi connectivity index (χ0) is 21.4. The molecule has 0 spiro atoms. The first-order chi connectivity index (χ1) is 15.0. The molecule has 0 radical (unpaired) electrons. The number of hydrogen-bond acceptors (Lipinski definition) is 6. The van der Waals surface area contributed by atoms with Crippen LogP contribution in [0.5, 0.6) is 11.5 Å². The predicted octanol–water partition coefficient (Wildman–Crippen LogP) is 1.98. The monoisotopic (exact) mass is 415 g/mol. The maximum atomic E-state index is 13.5. The molecule has 2 aromatic carbocycles. The minimum Gasteiger partial charge on any atom is -0.454 e. The highest BCUT2D eigenvalue weighted by atomic mass is 16.7. The highest BCUT2D eigenvalue weighted by Gasteiger charge is 2.44. The molecule has 8 heteroatoms. The van der Waals surface area contributed by atoms with Crippen LogP contribution in [0.3, 0.4) is 0 Å². The van der Waals surface area contributed by atoms with Gasteiger partial charge in [0.1, 0.15) is 5.82 Å². The molecule has 3 aromatic rings. The van der Waals surface area contributed by atoms with Gasteiger partial charge in [-0.25, -0.2) is 4.79 Å². The number of carbonyl (C=O) groups is 1. The SMILES string of the molecule is Cn1c2c(c(=O)n(C)c1=O)C(c1cccc3c1OCO3)C1=C(N2)c2ccccc2C1=O. The van der Waals surface area contributed by atoms with E-state index in [1.165, 1.54) is 11.6 Å². The number of carbonyl (C=O) groups excluding carboxylic acids is 1. The Kier molecular flexibility index (Phi) is 3.42. The quantitative estimate of drug-likeness (QED) is 0.654. The molecule has 0 bridgehead atoms. The second kappa shape index (κ2) is 5.98. The van der Waals surface area contributed by atoms with Crippen molar-refractivity contribution in [2.24, 2.45) is 14.1 Å². The second-order valence-corrected chi connectivity index (χ2v) is 7.77. The van der Waals surface area contributed by atoms with Crippen molar-refractivity contribution in [3.63, 3.8) is 0 Å². The maximum absolute atomic E-state index is 13.5. The van der Waals surface area contributed by atoms with Gasteiger partial charge in [-0.2, -0.15) is 0 Å². The van der Waals surface area contributed by atoms with E-state index in [1.54, 1.807) is 19.2 Å². The minimum atomic E-state index is -0.715. The summed E-state index contributed by atoms with van der Waals surface area (Å²) in [7, 11) is 3.04. The predicted molar refractivity (Wildman–Crippen MR) is 113 cm³/mol. The number of nitrogens with one attached hydrogen (secondary N) is 1. The Bertz CT molecular complexity index is 1480. The first-order valence-electron chi connectivity index (χ1n) is 9.82. The van der Waals surface area contributed by atoms with E-state index in [4.69, 9.17) is 9.47 Å². The van der Waals surface area contributed by atoms with Gasteiger partial charge in [-0.05, 0) is 6.07 Å². The topological polar surface area (TPSA) is 91.6 Å². The number of aromatic nitrogens is 2. The summed E-state index contributed by atoms with van der Waals surface area (Å²) in [6, 6.07) is 12.7. The van der Waals surface area contributed by atoms with Crippen molar-refractivity contribution in [3.8, 4) is 11.5 Å². The van der Waals surface area contributed by atoms with Crippen molar-refractivity contribution in [2.45, 2.75) is 5.92 Å². The zero-order valence-corrected chi connectivity index (χ0v) is 16.8. The Balaban J connectivity index is 1.74. The fraction of sp³-hybridized carbons (Fsp3) is 0.174. The Morgan fingerprint density at radius 2 is 1.71 bits per heavy atom. The van der Waals surface area contributed by atoms with E-state index in [9.17, 15) is 14.4 Å². The molecule has 31 heavy (non-hydrogen) atoms. The first kappa shape index (κ1) is 17.8. The van der Waals surface area contributed by atoms with Gasteiger partial charge >= 0.3 is 5.69 Å². The molecule has 1 aliphatic carbocycles. The van der Waals surface area contributed by atoms with Gasteiger partial charge in [-0.15, -0.1) is 0 Å². The number of Topliss-reactive ketones (excluding diaryl/α,β-unsaturated/α-hetero) is 1. The Labute approximate surface area is 176 Å². The first-order valence-corrected chi connectivity index (χ1v) is 9.82. The lowest BCUT2D eigenvalue weighted by Crippen LogP contribution is -2.42. The van der Waals surface area contributed by atoms with E-state index in [2.05, 4.69) is 5.32 Å². The van der Waals surface area contributed by atoms with Gasteiger partial charge in [-0.1, -0.05) is 36.4 Å². The van der Waals surface area contributed by atoms with Crippen molar-refractivity contribution < 1.29 is 14.3 Å². The van der Waals surface area contributed by atoms with Gasteiger partial charge < -0.3 is 14.8 Å². The van der Waals surface area contributed by atoms with E-state index in [-0.39, 0.29) is 12.6 Å². The van der Waals surface area contributed by atoms with Crippen molar-refractivity contribution in [2.75, 3.05) is 12.1 Å². The third-order valence-electron chi connectivity index (χ3n) is 6.21. The summed E-state index contributed by atoms with van der Waals surface area (Å²) in [5.74, 6) is 0.573. The molecule has 8 nitrogen and oxygen atoms in total. The lowest BCUT2D eigenvalue weighted by atomic mass is 9.81. The standard InChI is InChI=1S/C23H17N3O5/c1-25-21-17(22(28)26(2)23(25)29)15(13-8-5-9-14-20(13)31-10-30-14)16-18(24-21)11-6-3-4-7-12(11)19(16)27/h3-9,15,24H,10H2,1-2H3. The number of allylic oxidation sites excluding steroid dienone is 1. The van der Waals surface area contributed by atoms with Gasteiger partial charge in [0.15, 0.2) is 17.3 Å². The van der Waals surface area contributed by atoms with Crippen LogP contribution in [0.2, 0.25) is 0 Å². The average molecular weight is 415 g/mol. The van der Waals surface area contributed by atoms with Crippen LogP contribution in [0, 0.1) is 0 Å². The van der Waals surface area contributed by atoms with E-state index in [0.29, 0.717) is 45.3 Å². The molecule has 2 aliphatic heterocycles. The molecule has 1 atom stereocenters. The molecule has 154 valence electrons. The summed E-state index contributed by atoms with van der Waals surface area (Å²) in [4.78, 5) is 39.5. The third kappa shape index (κ3) is 2.16. The van der Waals surface area contributed by atoms with Crippen molar-refractivity contribution >= 4 is 17.3 Å². The van der Waals surface area contributed by atoms with Crippen LogP contribution >= 0.6 is 0 Å². The van der Waals surface area contributed by atoms with Crippen LogP contribution in [0.15, 0.2) is 57.6 Å². The number of rotatable bonds is 1. The average Bonchev–Trinajstić information content (AvgIpc) is 3.38. The summed E-state index contributed by atoms with van der Waals surface area (Å²) < 4.78 is 13.7. The van der Waals surface area contributed by atoms with Gasteiger partial charge in [0.05, 0.1) is 17.2 Å². The van der Waals surface area contributed by atoms with Crippen LogP contribution < -0.4 is 26.0 Å². The van der Waals surface area contributed by atoms with Crippen LogP contribution in [-0.2, 0) is 14.1 Å². The lowest BCUT2D eigenvalue weighted by molar-refractivity contribution is 0.103. The van der Waals surface area contributed by atoms with Gasteiger partial charge in [0, 0.05) is 36.4 Å². The number of anilines is 1. The third-order valence-corrected chi connectivity index (χ3v) is 6.21. The normalized spacial score (nSPS) is 17.9. The molecule has 3 heterocycles. The molecule has 1 N–H and O–H groups in total. The number of nitrogens with zero attached hydrogens (tertiary/aromatic N) is 2. The summed E-state index contributed by atoms with van der Waals surface area (Å²) in [5.41, 5.74) is 2.46. The molecule has 0 saturated heterocycles. The number of benzene rings is 2. The van der Waals surface area contributed by atoms with Gasteiger partial charge in [0.2, 0.25) is 6.79 Å². The van der Waals surface area contributed by atoms with Crippen molar-refractivity contribution in [3.05, 3.63) is 91.1 Å². The van der Waals surface area contributed by atoms with E-state index < -0.39 is 17.2 Å². The Morgan fingerprint density at radius 1 is 0.935 bits per heavy atom. The number of ether oxygens (including phenoxy) is 2.